The van der Waals surface area contributed by atoms with Crippen LogP contribution in [0, 0.1) is 10.5 Å². The summed E-state index contributed by atoms with van der Waals surface area (Å²) in [4.78, 5) is 0. The lowest BCUT2D eigenvalue weighted by Crippen LogP contribution is -1.90. The second kappa shape index (κ2) is 4.08. The van der Waals surface area contributed by atoms with Crippen LogP contribution in [0.25, 0.3) is 0 Å². The predicted molar refractivity (Wildman–Crippen MR) is 62.5 cm³/mol. The van der Waals surface area contributed by atoms with E-state index in [1.165, 1.54) is 14.7 Å². The molecule has 0 aliphatic carbocycles. The van der Waals surface area contributed by atoms with Crippen molar-refractivity contribution in [1.29, 1.82) is 0 Å². The molecule has 0 radical (unpaired) electrons. The predicted octanol–water partition coefficient (Wildman–Crippen LogP) is 3.89. The van der Waals surface area contributed by atoms with Gasteiger partial charge in [0.1, 0.15) is 0 Å². The van der Waals surface area contributed by atoms with Gasteiger partial charge >= 0.3 is 0 Å². The maximum Gasteiger partial charge on any atom is 0.0159 e. The summed E-state index contributed by atoms with van der Waals surface area (Å²) in [5.74, 6) is 0.459. The van der Waals surface area contributed by atoms with E-state index in [-0.39, 0.29) is 0 Å². The summed E-state index contributed by atoms with van der Waals surface area (Å²) in [5.41, 5.74) is 2.70. The molecule has 12 heavy (non-hydrogen) atoms. The molecule has 0 amide bonds. The number of aryl methyl sites for hydroxylation is 1. The average molecular weight is 272 g/mol. The monoisotopic (exact) mass is 272 g/mol. The Labute approximate surface area is 87.8 Å². The quantitative estimate of drug-likeness (QED) is 0.566. The molecule has 0 spiro atoms. The third-order valence-electron chi connectivity index (χ3n) is 2.06. The van der Waals surface area contributed by atoms with Gasteiger partial charge in [0.2, 0.25) is 0 Å². The molecule has 0 aliphatic rings. The van der Waals surface area contributed by atoms with Crippen molar-refractivity contribution in [1.82, 2.24) is 0 Å². The smallest absolute Gasteiger partial charge is 0.0159 e. The van der Waals surface area contributed by atoms with Gasteiger partial charge in [-0.3, -0.25) is 0 Å². The largest absolute Gasteiger partial charge is 0.102 e. The Kier molecular flexibility index (Phi) is 3.32. The summed E-state index contributed by atoms with van der Waals surface area (Å²) in [5, 5.41) is 0. The van der Waals surface area contributed by atoms with Crippen LogP contribution in [0.15, 0.2) is 30.9 Å². The number of hydrogen-bond acceptors (Lipinski definition) is 0. The van der Waals surface area contributed by atoms with Crippen molar-refractivity contribution < 1.29 is 0 Å². The highest BCUT2D eigenvalue weighted by molar-refractivity contribution is 14.1. The van der Waals surface area contributed by atoms with Gasteiger partial charge in [-0.1, -0.05) is 25.1 Å². The van der Waals surface area contributed by atoms with Crippen LogP contribution in [0.1, 0.15) is 24.0 Å². The normalized spacial score (nSPS) is 12.6. The highest BCUT2D eigenvalue weighted by atomic mass is 127. The third-order valence-corrected chi connectivity index (χ3v) is 3.27. The standard InChI is InChI=1S/C11H13I/c1-4-8(2)10-5-6-11(12)9(3)7-10/h4-8H,1H2,2-3H3. The van der Waals surface area contributed by atoms with Gasteiger partial charge in [-0.2, -0.15) is 0 Å². The molecule has 0 aromatic heterocycles. The lowest BCUT2D eigenvalue weighted by atomic mass is 10.00. The fourth-order valence-electron chi connectivity index (χ4n) is 1.09. The van der Waals surface area contributed by atoms with Gasteiger partial charge in [0.05, 0.1) is 0 Å². The zero-order valence-electron chi connectivity index (χ0n) is 7.47. The average Bonchev–Trinajstić information content (AvgIpc) is 2.08. The van der Waals surface area contributed by atoms with Crippen molar-refractivity contribution >= 4 is 22.6 Å². The molecular weight excluding hydrogens is 259 g/mol. The highest BCUT2D eigenvalue weighted by Crippen LogP contribution is 2.20. The molecule has 1 aromatic rings. The van der Waals surface area contributed by atoms with Crippen molar-refractivity contribution in [3.05, 3.63) is 45.6 Å². The van der Waals surface area contributed by atoms with Crippen LogP contribution in [0.4, 0.5) is 0 Å². The summed E-state index contributed by atoms with van der Waals surface area (Å²) >= 11 is 2.35. The Morgan fingerprint density at radius 2 is 2.17 bits per heavy atom. The van der Waals surface area contributed by atoms with Crippen LogP contribution in [0.5, 0.6) is 0 Å². The minimum atomic E-state index is 0.459. The fraction of sp³-hybridized carbons (Fsp3) is 0.273. The Morgan fingerprint density at radius 3 is 2.67 bits per heavy atom. The minimum absolute atomic E-state index is 0.459. The van der Waals surface area contributed by atoms with Gasteiger partial charge < -0.3 is 0 Å². The Hall–Kier alpha value is -0.310. The second-order valence-corrected chi connectivity index (χ2v) is 4.20. The maximum absolute atomic E-state index is 3.79. The molecule has 1 rings (SSSR count). The van der Waals surface area contributed by atoms with E-state index in [0.717, 1.165) is 0 Å². The second-order valence-electron chi connectivity index (χ2n) is 3.03. The number of allylic oxidation sites excluding steroid dienone is 1. The fourth-order valence-corrected chi connectivity index (χ4v) is 1.42. The zero-order valence-corrected chi connectivity index (χ0v) is 9.63. The van der Waals surface area contributed by atoms with Crippen molar-refractivity contribution in [2.24, 2.45) is 0 Å². The summed E-state index contributed by atoms with van der Waals surface area (Å²) in [6.07, 6.45) is 1.97. The lowest BCUT2D eigenvalue weighted by molar-refractivity contribution is 0.967. The van der Waals surface area contributed by atoms with E-state index < -0.39 is 0 Å². The SMILES string of the molecule is C=CC(C)c1ccc(I)c(C)c1. The van der Waals surface area contributed by atoms with E-state index in [4.69, 9.17) is 0 Å². The molecule has 0 bridgehead atoms. The Morgan fingerprint density at radius 1 is 1.50 bits per heavy atom. The number of rotatable bonds is 2. The zero-order chi connectivity index (χ0) is 9.14. The summed E-state index contributed by atoms with van der Waals surface area (Å²) in [6.45, 7) is 8.09. The minimum Gasteiger partial charge on any atom is -0.102 e. The van der Waals surface area contributed by atoms with Crippen LogP contribution in [-0.4, -0.2) is 0 Å². The molecule has 0 nitrogen and oxygen atoms in total. The molecule has 1 aromatic carbocycles. The van der Waals surface area contributed by atoms with Gasteiger partial charge in [-0.05, 0) is 52.6 Å². The van der Waals surface area contributed by atoms with Crippen LogP contribution in [0.2, 0.25) is 0 Å². The first-order valence-electron chi connectivity index (χ1n) is 4.03. The van der Waals surface area contributed by atoms with Gasteiger partial charge in [-0.15, -0.1) is 6.58 Å². The Balaban J connectivity index is 3.04. The van der Waals surface area contributed by atoms with Crippen LogP contribution in [0.3, 0.4) is 0 Å². The maximum atomic E-state index is 3.79. The molecule has 0 saturated carbocycles. The molecule has 1 atom stereocenters. The first-order valence-corrected chi connectivity index (χ1v) is 5.11. The number of benzene rings is 1. The molecular formula is C11H13I. The van der Waals surface area contributed by atoms with Gasteiger partial charge in [-0.25, -0.2) is 0 Å². The highest BCUT2D eigenvalue weighted by Gasteiger charge is 2.01. The first kappa shape index (κ1) is 9.78. The number of halogens is 1. The molecule has 0 fully saturated rings. The van der Waals surface area contributed by atoms with E-state index >= 15 is 0 Å². The van der Waals surface area contributed by atoms with E-state index in [1.807, 2.05) is 6.08 Å². The van der Waals surface area contributed by atoms with Crippen molar-refractivity contribution in [2.75, 3.05) is 0 Å². The van der Waals surface area contributed by atoms with Gasteiger partial charge in [0.25, 0.3) is 0 Å². The van der Waals surface area contributed by atoms with E-state index in [9.17, 15) is 0 Å². The topological polar surface area (TPSA) is 0 Å². The van der Waals surface area contributed by atoms with Crippen molar-refractivity contribution in [2.45, 2.75) is 19.8 Å². The van der Waals surface area contributed by atoms with Gasteiger partial charge in [0, 0.05) is 3.57 Å². The lowest BCUT2D eigenvalue weighted by Gasteiger charge is -2.07. The van der Waals surface area contributed by atoms with Crippen LogP contribution < -0.4 is 0 Å². The summed E-state index contributed by atoms with van der Waals surface area (Å²) < 4.78 is 1.33. The number of hydrogen-bond donors (Lipinski definition) is 0. The molecule has 0 N–H and O–H groups in total. The van der Waals surface area contributed by atoms with Gasteiger partial charge in [0.15, 0.2) is 0 Å². The van der Waals surface area contributed by atoms with Crippen molar-refractivity contribution in [3.8, 4) is 0 Å². The Bertz CT molecular complexity index is 289. The molecule has 0 saturated heterocycles. The van der Waals surface area contributed by atoms with Crippen LogP contribution >= 0.6 is 22.6 Å². The molecule has 64 valence electrons. The summed E-state index contributed by atoms with van der Waals surface area (Å²) in [6, 6.07) is 6.56. The van der Waals surface area contributed by atoms with E-state index in [0.29, 0.717) is 5.92 Å². The molecule has 1 unspecified atom stereocenters. The summed E-state index contributed by atoms with van der Waals surface area (Å²) in [7, 11) is 0. The first-order chi connectivity index (χ1) is 5.65. The third kappa shape index (κ3) is 2.09. The van der Waals surface area contributed by atoms with Crippen LogP contribution in [-0.2, 0) is 0 Å². The van der Waals surface area contributed by atoms with E-state index in [1.54, 1.807) is 0 Å². The molecule has 0 heterocycles. The van der Waals surface area contributed by atoms with E-state index in [2.05, 4.69) is 61.2 Å². The van der Waals surface area contributed by atoms with Crippen molar-refractivity contribution in [3.63, 3.8) is 0 Å². The molecule has 1 heteroatoms. The molecule has 0 aliphatic heterocycles.